The molecule has 2 aromatic rings. The molecule has 7 nitrogen and oxygen atoms in total. The first-order valence-corrected chi connectivity index (χ1v) is 9.13. The third-order valence-electron chi connectivity index (χ3n) is 4.98. The van der Waals surface area contributed by atoms with Gasteiger partial charge in [0.2, 0.25) is 0 Å². The number of anilines is 1. The second-order valence-corrected chi connectivity index (χ2v) is 7.04. The largest absolute Gasteiger partial charge is 0.332 e. The van der Waals surface area contributed by atoms with Gasteiger partial charge in [-0.15, -0.1) is 0 Å². The van der Waals surface area contributed by atoms with Gasteiger partial charge in [-0.25, -0.2) is 4.79 Å². The monoisotopic (exact) mass is 397 g/mol. The summed E-state index contributed by atoms with van der Waals surface area (Å²) in [7, 11) is 0. The van der Waals surface area contributed by atoms with Crippen molar-refractivity contribution in [2.24, 2.45) is 0 Å². The molecule has 2 aliphatic rings. The Morgan fingerprint density at radius 3 is 1.93 bits per heavy atom. The predicted octanol–water partition coefficient (Wildman–Crippen LogP) is 2.79. The van der Waals surface area contributed by atoms with Gasteiger partial charge >= 0.3 is 6.03 Å². The molecular weight excluding hydrogens is 382 g/mol. The molecular formula is C20H16ClN3O4. The fourth-order valence-corrected chi connectivity index (χ4v) is 3.64. The number of benzene rings is 2. The minimum Gasteiger partial charge on any atom is -0.282 e. The highest BCUT2D eigenvalue weighted by Gasteiger charge is 2.44. The third kappa shape index (κ3) is 2.75. The van der Waals surface area contributed by atoms with Crippen LogP contribution in [0.3, 0.4) is 0 Å². The van der Waals surface area contributed by atoms with Crippen LogP contribution in [0.25, 0.3) is 0 Å². The number of hydrogen-bond acceptors (Lipinski definition) is 4. The van der Waals surface area contributed by atoms with E-state index in [9.17, 15) is 19.2 Å². The zero-order valence-electron chi connectivity index (χ0n) is 15.0. The molecule has 1 atom stereocenters. The highest BCUT2D eigenvalue weighted by atomic mass is 35.5. The van der Waals surface area contributed by atoms with Gasteiger partial charge in [0.05, 0.1) is 11.1 Å². The Labute approximate surface area is 166 Å². The number of fused-ring (bicyclic) bond motifs is 1. The molecule has 0 spiro atoms. The van der Waals surface area contributed by atoms with Gasteiger partial charge in [-0.1, -0.05) is 23.7 Å². The molecule has 4 rings (SSSR count). The van der Waals surface area contributed by atoms with Gasteiger partial charge in [-0.3, -0.25) is 29.1 Å². The molecule has 0 bridgehead atoms. The van der Waals surface area contributed by atoms with Crippen LogP contribution in [0.4, 0.5) is 10.5 Å². The van der Waals surface area contributed by atoms with Gasteiger partial charge in [-0.2, -0.15) is 0 Å². The van der Waals surface area contributed by atoms with Crippen LogP contribution < -0.4 is 4.90 Å². The van der Waals surface area contributed by atoms with Gasteiger partial charge < -0.3 is 0 Å². The van der Waals surface area contributed by atoms with Crippen LogP contribution in [0.15, 0.2) is 48.5 Å². The zero-order chi connectivity index (χ0) is 20.0. The van der Waals surface area contributed by atoms with Crippen molar-refractivity contribution in [3.8, 4) is 0 Å². The van der Waals surface area contributed by atoms with Crippen LogP contribution in [-0.2, 0) is 4.79 Å². The Balaban J connectivity index is 1.51. The topological polar surface area (TPSA) is 78.0 Å². The molecule has 2 aliphatic heterocycles. The summed E-state index contributed by atoms with van der Waals surface area (Å²) in [6.07, 6.45) is 0. The van der Waals surface area contributed by atoms with E-state index in [1.165, 1.54) is 4.90 Å². The number of rotatable bonds is 4. The molecule has 28 heavy (non-hydrogen) atoms. The van der Waals surface area contributed by atoms with Crippen molar-refractivity contribution in [2.45, 2.75) is 13.0 Å². The van der Waals surface area contributed by atoms with E-state index in [1.807, 2.05) is 0 Å². The van der Waals surface area contributed by atoms with E-state index >= 15 is 0 Å². The first-order valence-electron chi connectivity index (χ1n) is 8.75. The van der Waals surface area contributed by atoms with E-state index in [-0.39, 0.29) is 19.0 Å². The molecule has 0 saturated carbocycles. The molecule has 8 heteroatoms. The quantitative estimate of drug-likeness (QED) is 0.587. The fraction of sp³-hybridized carbons (Fsp3) is 0.200. The maximum absolute atomic E-state index is 12.8. The molecule has 1 fully saturated rings. The van der Waals surface area contributed by atoms with Crippen LogP contribution in [0, 0.1) is 0 Å². The number of nitrogens with zero attached hydrogens (tertiary/aromatic N) is 3. The summed E-state index contributed by atoms with van der Waals surface area (Å²) in [4.78, 5) is 53.8. The molecule has 0 aromatic heterocycles. The van der Waals surface area contributed by atoms with Gasteiger partial charge in [0.25, 0.3) is 17.7 Å². The second kappa shape index (κ2) is 6.76. The lowest BCUT2D eigenvalue weighted by molar-refractivity contribution is -0.127. The molecule has 0 N–H and O–H groups in total. The zero-order valence-corrected chi connectivity index (χ0v) is 15.7. The Kier molecular flexibility index (Phi) is 4.39. The standard InChI is InChI=1S/C20H16ClN3O4/c1-12-17(25)23(20(28)24(12)14-8-6-13(21)7-9-14)11-10-22-18(26)15-4-2-3-5-16(15)19(22)27/h2-9,12H,10-11H2,1H3. The minimum absolute atomic E-state index is 0.0506. The van der Waals surface area contributed by atoms with Crippen LogP contribution in [0.2, 0.25) is 5.02 Å². The lowest BCUT2D eigenvalue weighted by atomic mass is 10.1. The molecule has 2 aromatic carbocycles. The van der Waals surface area contributed by atoms with E-state index in [0.29, 0.717) is 21.8 Å². The summed E-state index contributed by atoms with van der Waals surface area (Å²) in [5.74, 6) is -1.21. The van der Waals surface area contributed by atoms with Crippen molar-refractivity contribution in [1.29, 1.82) is 0 Å². The number of carbonyl (C=O) groups excluding carboxylic acids is 4. The van der Waals surface area contributed by atoms with Gasteiger partial charge in [0, 0.05) is 23.8 Å². The lowest BCUT2D eigenvalue weighted by Gasteiger charge is -2.20. The van der Waals surface area contributed by atoms with Gasteiger partial charge in [-0.05, 0) is 43.3 Å². The second-order valence-electron chi connectivity index (χ2n) is 6.60. The highest BCUT2D eigenvalue weighted by Crippen LogP contribution is 2.28. The summed E-state index contributed by atoms with van der Waals surface area (Å²) in [5, 5.41) is 0.525. The molecule has 5 amide bonds. The van der Waals surface area contributed by atoms with E-state index in [1.54, 1.807) is 55.5 Å². The SMILES string of the molecule is CC1C(=O)N(CCN2C(=O)c3ccccc3C2=O)C(=O)N1c1ccc(Cl)cc1. The van der Waals surface area contributed by atoms with Crippen LogP contribution in [0.1, 0.15) is 27.6 Å². The van der Waals surface area contributed by atoms with Crippen molar-refractivity contribution in [1.82, 2.24) is 9.80 Å². The molecule has 1 unspecified atom stereocenters. The Morgan fingerprint density at radius 1 is 0.821 bits per heavy atom. The first kappa shape index (κ1) is 18.2. The average Bonchev–Trinajstić information content (AvgIpc) is 3.06. The van der Waals surface area contributed by atoms with Crippen LogP contribution in [0.5, 0.6) is 0 Å². The lowest BCUT2D eigenvalue weighted by Crippen LogP contribution is -2.41. The Bertz CT molecular complexity index is 970. The van der Waals surface area contributed by atoms with E-state index in [4.69, 9.17) is 11.6 Å². The fourth-order valence-electron chi connectivity index (χ4n) is 3.51. The number of hydrogen-bond donors (Lipinski definition) is 0. The van der Waals surface area contributed by atoms with Crippen molar-refractivity contribution >= 4 is 41.0 Å². The van der Waals surface area contributed by atoms with E-state index in [0.717, 1.165) is 9.80 Å². The van der Waals surface area contributed by atoms with Crippen molar-refractivity contribution in [3.05, 3.63) is 64.7 Å². The molecule has 0 radical (unpaired) electrons. The maximum Gasteiger partial charge on any atom is 0.332 e. The van der Waals surface area contributed by atoms with E-state index in [2.05, 4.69) is 0 Å². The maximum atomic E-state index is 12.8. The van der Waals surface area contributed by atoms with Crippen LogP contribution in [-0.4, -0.2) is 52.7 Å². The number of amides is 5. The summed E-state index contributed by atoms with van der Waals surface area (Å²) >= 11 is 5.89. The molecule has 1 saturated heterocycles. The smallest absolute Gasteiger partial charge is 0.282 e. The van der Waals surface area contributed by atoms with Gasteiger partial charge in [0.1, 0.15) is 6.04 Å². The number of urea groups is 1. The van der Waals surface area contributed by atoms with Gasteiger partial charge in [0.15, 0.2) is 0 Å². The first-order chi connectivity index (χ1) is 13.4. The Hall–Kier alpha value is -3.19. The van der Waals surface area contributed by atoms with Crippen LogP contribution >= 0.6 is 11.6 Å². The van der Waals surface area contributed by atoms with Crippen molar-refractivity contribution in [2.75, 3.05) is 18.0 Å². The molecule has 2 heterocycles. The summed E-state index contributed by atoms with van der Waals surface area (Å²) < 4.78 is 0. The number of carbonyl (C=O) groups is 4. The van der Waals surface area contributed by atoms with E-state index < -0.39 is 23.9 Å². The van der Waals surface area contributed by atoms with Crippen molar-refractivity contribution in [3.63, 3.8) is 0 Å². The predicted molar refractivity (Wildman–Crippen MR) is 102 cm³/mol. The average molecular weight is 398 g/mol. The minimum atomic E-state index is -0.684. The normalized spacial score (nSPS) is 19.1. The Morgan fingerprint density at radius 2 is 1.36 bits per heavy atom. The molecule has 142 valence electrons. The summed E-state index contributed by atoms with van der Waals surface area (Å²) in [6, 6.07) is 12.0. The highest BCUT2D eigenvalue weighted by molar-refractivity contribution is 6.30. The summed E-state index contributed by atoms with van der Waals surface area (Å²) in [6.45, 7) is 1.53. The van der Waals surface area contributed by atoms with Crippen molar-refractivity contribution < 1.29 is 19.2 Å². The number of imide groups is 2. The number of halogens is 1. The third-order valence-corrected chi connectivity index (χ3v) is 5.23. The molecule has 0 aliphatic carbocycles. The summed E-state index contributed by atoms with van der Waals surface area (Å²) in [5.41, 5.74) is 1.23.